The van der Waals surface area contributed by atoms with Crippen LogP contribution < -0.4 is 5.32 Å². The minimum absolute atomic E-state index is 0.229. The highest BCUT2D eigenvalue weighted by atomic mass is 32.1. The molecule has 0 saturated heterocycles. The SMILES string of the molecule is Cc1ccc(C=CC(=O)Nc2nc3c(ccc4ccccc43)s2)o1. The van der Waals surface area contributed by atoms with Crippen molar-refractivity contribution in [3.05, 3.63) is 66.1 Å². The third kappa shape index (κ3) is 2.81. The highest BCUT2D eigenvalue weighted by molar-refractivity contribution is 7.22. The number of amides is 1. The Morgan fingerprint density at radius 3 is 2.88 bits per heavy atom. The summed E-state index contributed by atoms with van der Waals surface area (Å²) < 4.78 is 6.45. The quantitative estimate of drug-likeness (QED) is 0.536. The second kappa shape index (κ2) is 5.94. The van der Waals surface area contributed by atoms with Gasteiger partial charge in [0.2, 0.25) is 5.91 Å². The molecule has 5 heteroatoms. The first-order valence-electron chi connectivity index (χ1n) is 7.53. The summed E-state index contributed by atoms with van der Waals surface area (Å²) in [5.41, 5.74) is 0.916. The van der Waals surface area contributed by atoms with Crippen LogP contribution >= 0.6 is 11.3 Å². The van der Waals surface area contributed by atoms with E-state index in [9.17, 15) is 4.79 Å². The summed E-state index contributed by atoms with van der Waals surface area (Å²) in [6.45, 7) is 1.86. The maximum atomic E-state index is 12.1. The molecule has 0 aliphatic carbocycles. The number of benzene rings is 2. The second-order valence-electron chi connectivity index (χ2n) is 5.42. The van der Waals surface area contributed by atoms with E-state index < -0.39 is 0 Å². The maximum Gasteiger partial charge on any atom is 0.250 e. The lowest BCUT2D eigenvalue weighted by atomic mass is 10.1. The number of nitrogens with zero attached hydrogens (tertiary/aromatic N) is 1. The highest BCUT2D eigenvalue weighted by Crippen LogP contribution is 2.31. The zero-order chi connectivity index (χ0) is 16.5. The topological polar surface area (TPSA) is 55.1 Å². The molecule has 4 aromatic rings. The highest BCUT2D eigenvalue weighted by Gasteiger charge is 2.09. The molecule has 4 rings (SSSR count). The molecule has 24 heavy (non-hydrogen) atoms. The van der Waals surface area contributed by atoms with Crippen molar-refractivity contribution in [3.63, 3.8) is 0 Å². The Kier molecular flexibility index (Phi) is 3.63. The summed E-state index contributed by atoms with van der Waals surface area (Å²) in [6.07, 6.45) is 3.09. The zero-order valence-corrected chi connectivity index (χ0v) is 13.8. The third-order valence-electron chi connectivity index (χ3n) is 3.67. The van der Waals surface area contributed by atoms with Crippen molar-refractivity contribution in [1.82, 2.24) is 4.98 Å². The van der Waals surface area contributed by atoms with E-state index in [0.29, 0.717) is 10.9 Å². The summed E-state index contributed by atoms with van der Waals surface area (Å²) in [6, 6.07) is 15.9. The van der Waals surface area contributed by atoms with Crippen LogP contribution in [0.4, 0.5) is 5.13 Å². The van der Waals surface area contributed by atoms with Crippen LogP contribution in [0.2, 0.25) is 0 Å². The first-order chi connectivity index (χ1) is 11.7. The van der Waals surface area contributed by atoms with Gasteiger partial charge in [-0.25, -0.2) is 4.98 Å². The van der Waals surface area contributed by atoms with Gasteiger partial charge in [-0.15, -0.1) is 0 Å². The van der Waals surface area contributed by atoms with Gasteiger partial charge in [-0.1, -0.05) is 41.7 Å². The summed E-state index contributed by atoms with van der Waals surface area (Å²) >= 11 is 1.47. The number of thiazole rings is 1. The molecule has 0 unspecified atom stereocenters. The molecule has 4 nitrogen and oxygen atoms in total. The van der Waals surface area contributed by atoms with E-state index >= 15 is 0 Å². The van der Waals surface area contributed by atoms with E-state index in [4.69, 9.17) is 4.42 Å². The number of carbonyl (C=O) groups is 1. The van der Waals surface area contributed by atoms with Crippen LogP contribution in [0.1, 0.15) is 11.5 Å². The van der Waals surface area contributed by atoms with Crippen LogP contribution in [0.15, 0.2) is 59.0 Å². The van der Waals surface area contributed by atoms with Crippen molar-refractivity contribution in [2.24, 2.45) is 0 Å². The molecule has 0 radical (unpaired) electrons. The average molecular weight is 334 g/mol. The van der Waals surface area contributed by atoms with E-state index in [-0.39, 0.29) is 5.91 Å². The van der Waals surface area contributed by atoms with Crippen molar-refractivity contribution < 1.29 is 9.21 Å². The fourth-order valence-electron chi connectivity index (χ4n) is 2.56. The van der Waals surface area contributed by atoms with Crippen molar-refractivity contribution in [1.29, 1.82) is 0 Å². The molecular formula is C19H14N2O2S. The molecule has 0 fully saturated rings. The first-order valence-corrected chi connectivity index (χ1v) is 8.34. The van der Waals surface area contributed by atoms with Gasteiger partial charge in [0.1, 0.15) is 11.5 Å². The molecule has 1 N–H and O–H groups in total. The fourth-order valence-corrected chi connectivity index (χ4v) is 3.45. The summed E-state index contributed by atoms with van der Waals surface area (Å²) in [5, 5.41) is 5.63. The molecule has 0 saturated carbocycles. The summed E-state index contributed by atoms with van der Waals surface area (Å²) in [4.78, 5) is 16.6. The number of fused-ring (bicyclic) bond motifs is 3. The van der Waals surface area contributed by atoms with Gasteiger partial charge in [0.05, 0.1) is 10.2 Å². The van der Waals surface area contributed by atoms with Gasteiger partial charge in [0.25, 0.3) is 0 Å². The molecule has 1 amide bonds. The molecule has 118 valence electrons. The van der Waals surface area contributed by atoms with Gasteiger partial charge in [-0.2, -0.15) is 0 Å². The standard InChI is InChI=1S/C19H14N2O2S/c1-12-6-8-14(23-12)9-11-17(22)20-19-21-18-15-5-3-2-4-13(15)7-10-16(18)24-19/h2-11H,1H3,(H,20,21,22). The molecule has 0 bridgehead atoms. The third-order valence-corrected chi connectivity index (χ3v) is 4.61. The lowest BCUT2D eigenvalue weighted by molar-refractivity contribution is -0.111. The number of hydrogen-bond acceptors (Lipinski definition) is 4. The summed E-state index contributed by atoms with van der Waals surface area (Å²) in [5.74, 6) is 1.23. The van der Waals surface area contributed by atoms with Crippen LogP contribution in [-0.4, -0.2) is 10.9 Å². The van der Waals surface area contributed by atoms with E-state index in [1.807, 2.05) is 43.3 Å². The monoisotopic (exact) mass is 334 g/mol. The number of nitrogens with one attached hydrogen (secondary N) is 1. The molecular weight excluding hydrogens is 320 g/mol. The van der Waals surface area contributed by atoms with E-state index in [1.54, 1.807) is 6.08 Å². The van der Waals surface area contributed by atoms with Gasteiger partial charge < -0.3 is 4.42 Å². The fraction of sp³-hybridized carbons (Fsp3) is 0.0526. The number of furan rings is 1. The number of hydrogen-bond donors (Lipinski definition) is 1. The van der Waals surface area contributed by atoms with Crippen molar-refractivity contribution in [3.8, 4) is 0 Å². The number of aryl methyl sites for hydroxylation is 1. The van der Waals surface area contributed by atoms with E-state index in [2.05, 4.69) is 22.4 Å². The minimum atomic E-state index is -0.229. The molecule has 0 aliphatic heterocycles. The number of aromatic nitrogens is 1. The van der Waals surface area contributed by atoms with Crippen molar-refractivity contribution in [2.75, 3.05) is 5.32 Å². The van der Waals surface area contributed by atoms with Crippen LogP contribution in [0.5, 0.6) is 0 Å². The van der Waals surface area contributed by atoms with Crippen LogP contribution in [0.3, 0.4) is 0 Å². The average Bonchev–Trinajstić information content (AvgIpc) is 3.18. The lowest BCUT2D eigenvalue weighted by Crippen LogP contribution is -2.07. The Bertz CT molecular complexity index is 1080. The van der Waals surface area contributed by atoms with E-state index in [1.165, 1.54) is 17.4 Å². The Morgan fingerprint density at radius 2 is 2.04 bits per heavy atom. The molecule has 0 aliphatic rings. The second-order valence-corrected chi connectivity index (χ2v) is 6.45. The van der Waals surface area contributed by atoms with Gasteiger partial charge in [-0.3, -0.25) is 10.1 Å². The number of carbonyl (C=O) groups excluding carboxylic acids is 1. The van der Waals surface area contributed by atoms with Crippen LogP contribution in [-0.2, 0) is 4.79 Å². The Morgan fingerprint density at radius 1 is 1.17 bits per heavy atom. The maximum absolute atomic E-state index is 12.1. The molecule has 0 spiro atoms. The first kappa shape index (κ1) is 14.7. The normalized spacial score (nSPS) is 11.5. The Labute approximate surface area is 142 Å². The zero-order valence-electron chi connectivity index (χ0n) is 12.9. The Balaban J connectivity index is 1.59. The van der Waals surface area contributed by atoms with Crippen LogP contribution in [0, 0.1) is 6.92 Å². The molecule has 2 heterocycles. The summed E-state index contributed by atoms with van der Waals surface area (Å²) in [7, 11) is 0. The minimum Gasteiger partial charge on any atom is -0.462 e. The van der Waals surface area contributed by atoms with Gasteiger partial charge in [0, 0.05) is 11.5 Å². The van der Waals surface area contributed by atoms with Crippen molar-refractivity contribution in [2.45, 2.75) is 6.92 Å². The lowest BCUT2D eigenvalue weighted by Gasteiger charge is -1.96. The van der Waals surface area contributed by atoms with Gasteiger partial charge in [-0.05, 0) is 36.6 Å². The van der Waals surface area contributed by atoms with Crippen molar-refractivity contribution >= 4 is 49.4 Å². The number of rotatable bonds is 3. The Hall–Kier alpha value is -2.92. The van der Waals surface area contributed by atoms with Gasteiger partial charge in [0.15, 0.2) is 5.13 Å². The largest absolute Gasteiger partial charge is 0.462 e. The smallest absolute Gasteiger partial charge is 0.250 e. The molecule has 2 aromatic heterocycles. The predicted octanol–water partition coefficient (Wildman–Crippen LogP) is 5.00. The predicted molar refractivity (Wildman–Crippen MR) is 98.2 cm³/mol. The van der Waals surface area contributed by atoms with Gasteiger partial charge >= 0.3 is 0 Å². The molecule has 0 atom stereocenters. The molecule has 2 aromatic carbocycles. The number of anilines is 1. The van der Waals surface area contributed by atoms with E-state index in [0.717, 1.165) is 26.7 Å². The van der Waals surface area contributed by atoms with Crippen LogP contribution in [0.25, 0.3) is 27.1 Å².